The van der Waals surface area contributed by atoms with Crippen LogP contribution >= 0.6 is 11.6 Å². The van der Waals surface area contributed by atoms with Crippen molar-refractivity contribution in [2.24, 2.45) is 0 Å². The second-order valence-corrected chi connectivity index (χ2v) is 9.69. The zero-order chi connectivity index (χ0) is 23.8. The van der Waals surface area contributed by atoms with Crippen molar-refractivity contribution in [2.75, 3.05) is 37.6 Å². The average molecular weight is 478 g/mol. The van der Waals surface area contributed by atoms with Gasteiger partial charge in [-0.2, -0.15) is 8.78 Å². The summed E-state index contributed by atoms with van der Waals surface area (Å²) in [4.78, 5) is 25.6. The number of carbonyl (C=O) groups excluding carboxylic acids is 1. The van der Waals surface area contributed by atoms with Crippen LogP contribution in [0.1, 0.15) is 55.8 Å². The molecular weight excluding hydrogens is 448 g/mol. The molecule has 1 fully saturated rings. The van der Waals surface area contributed by atoms with Crippen molar-refractivity contribution < 1.29 is 13.6 Å². The molecule has 2 aromatic rings. The van der Waals surface area contributed by atoms with E-state index in [-0.39, 0.29) is 35.9 Å². The van der Waals surface area contributed by atoms with Crippen LogP contribution < -0.4 is 10.2 Å². The fourth-order valence-electron chi connectivity index (χ4n) is 4.72. The highest BCUT2D eigenvalue weighted by Gasteiger charge is 2.47. The summed E-state index contributed by atoms with van der Waals surface area (Å²) in [7, 11) is 0. The number of piperazine rings is 1. The molecule has 0 bridgehead atoms. The van der Waals surface area contributed by atoms with E-state index in [2.05, 4.69) is 15.3 Å². The largest absolute Gasteiger partial charge is 0.353 e. The molecule has 9 heteroatoms. The molecule has 1 amide bonds. The second kappa shape index (κ2) is 9.50. The molecule has 1 N–H and O–H groups in total. The van der Waals surface area contributed by atoms with E-state index in [1.54, 1.807) is 19.1 Å². The average Bonchev–Trinajstić information content (AvgIpc) is 3.03. The van der Waals surface area contributed by atoms with Gasteiger partial charge in [0.25, 0.3) is 5.92 Å². The van der Waals surface area contributed by atoms with Crippen LogP contribution in [0.15, 0.2) is 30.6 Å². The van der Waals surface area contributed by atoms with Gasteiger partial charge in [-0.25, -0.2) is 9.97 Å². The van der Waals surface area contributed by atoms with Crippen molar-refractivity contribution in [1.29, 1.82) is 0 Å². The summed E-state index contributed by atoms with van der Waals surface area (Å²) in [5.74, 6) is -2.91. The number of carbonyl (C=O) groups is 1. The Balaban J connectivity index is 1.48. The Morgan fingerprint density at radius 1 is 1.18 bits per heavy atom. The standard InChI is InChI=1S/C24H30ClF2N5O/c1-15(2)28-13-19(17-4-6-18(25)7-5-17)23(33)32-10-8-31(9-11-32)22-20-16(3)12-24(26,27)21(20)29-14-30-22/h4-7,14-16,19,28H,8-13H2,1-3H3/t16?,19-/m1/s1. The van der Waals surface area contributed by atoms with Crippen molar-refractivity contribution in [3.8, 4) is 0 Å². The molecule has 0 radical (unpaired) electrons. The number of nitrogens with one attached hydrogen (secondary N) is 1. The van der Waals surface area contributed by atoms with Crippen LogP contribution in [0, 0.1) is 0 Å². The number of benzene rings is 1. The lowest BCUT2D eigenvalue weighted by molar-refractivity contribution is -0.133. The summed E-state index contributed by atoms with van der Waals surface area (Å²) in [6.45, 7) is 8.52. The molecule has 178 valence electrons. The van der Waals surface area contributed by atoms with Gasteiger partial charge in [0.2, 0.25) is 5.91 Å². The first-order valence-corrected chi connectivity index (χ1v) is 11.8. The van der Waals surface area contributed by atoms with Gasteiger partial charge >= 0.3 is 0 Å². The summed E-state index contributed by atoms with van der Waals surface area (Å²) in [5, 5.41) is 4.01. The topological polar surface area (TPSA) is 61.4 Å². The number of anilines is 1. The Morgan fingerprint density at radius 2 is 1.85 bits per heavy atom. The van der Waals surface area contributed by atoms with E-state index in [0.29, 0.717) is 49.1 Å². The van der Waals surface area contributed by atoms with Gasteiger partial charge in [0, 0.05) is 55.8 Å². The van der Waals surface area contributed by atoms with Crippen molar-refractivity contribution in [1.82, 2.24) is 20.2 Å². The molecule has 1 aromatic heterocycles. The van der Waals surface area contributed by atoms with Crippen molar-refractivity contribution in [2.45, 2.75) is 51.0 Å². The Morgan fingerprint density at radius 3 is 2.48 bits per heavy atom. The molecule has 2 heterocycles. The van der Waals surface area contributed by atoms with Gasteiger partial charge in [-0.15, -0.1) is 0 Å². The molecule has 6 nitrogen and oxygen atoms in total. The van der Waals surface area contributed by atoms with Gasteiger partial charge in [-0.1, -0.05) is 44.5 Å². The van der Waals surface area contributed by atoms with E-state index in [1.165, 1.54) is 6.33 Å². The van der Waals surface area contributed by atoms with Crippen molar-refractivity contribution in [3.05, 3.63) is 52.4 Å². The van der Waals surface area contributed by atoms with E-state index in [0.717, 1.165) is 5.56 Å². The number of amides is 1. The Kier molecular flexibility index (Phi) is 6.86. The normalized spacial score (nSPS) is 20.8. The summed E-state index contributed by atoms with van der Waals surface area (Å²) in [5.41, 5.74) is 1.31. The molecule has 1 aliphatic heterocycles. The van der Waals surface area contributed by atoms with Crippen LogP contribution in [0.3, 0.4) is 0 Å². The van der Waals surface area contributed by atoms with Crippen LogP contribution in [0.25, 0.3) is 0 Å². The lowest BCUT2D eigenvalue weighted by atomic mass is 9.96. The van der Waals surface area contributed by atoms with Crippen LogP contribution in [-0.2, 0) is 10.7 Å². The highest BCUT2D eigenvalue weighted by atomic mass is 35.5. The number of aromatic nitrogens is 2. The summed E-state index contributed by atoms with van der Waals surface area (Å²) in [6.07, 6.45) is 0.990. The lowest BCUT2D eigenvalue weighted by Gasteiger charge is -2.38. The molecule has 1 unspecified atom stereocenters. The lowest BCUT2D eigenvalue weighted by Crippen LogP contribution is -2.51. The number of hydrogen-bond donors (Lipinski definition) is 1. The van der Waals surface area contributed by atoms with Gasteiger partial charge in [0.05, 0.1) is 5.92 Å². The van der Waals surface area contributed by atoms with Gasteiger partial charge in [0.15, 0.2) is 0 Å². The van der Waals surface area contributed by atoms with Crippen molar-refractivity contribution >= 4 is 23.3 Å². The van der Waals surface area contributed by atoms with Crippen LogP contribution in [0.4, 0.5) is 14.6 Å². The SMILES string of the molecule is CC(C)NC[C@@H](C(=O)N1CCN(c2ncnc3c2C(C)CC3(F)F)CC1)c1ccc(Cl)cc1. The highest BCUT2D eigenvalue weighted by Crippen LogP contribution is 2.49. The molecule has 0 saturated carbocycles. The Hall–Kier alpha value is -2.32. The van der Waals surface area contributed by atoms with E-state index in [4.69, 9.17) is 11.6 Å². The Bertz CT molecular complexity index is 993. The molecule has 1 aromatic carbocycles. The zero-order valence-corrected chi connectivity index (χ0v) is 19.9. The number of hydrogen-bond acceptors (Lipinski definition) is 5. The van der Waals surface area contributed by atoms with Gasteiger partial charge in [0.1, 0.15) is 17.8 Å². The van der Waals surface area contributed by atoms with Crippen LogP contribution in [-0.4, -0.2) is 59.5 Å². The third-order valence-electron chi connectivity index (χ3n) is 6.46. The van der Waals surface area contributed by atoms with Gasteiger partial charge in [-0.05, 0) is 23.6 Å². The molecule has 0 spiro atoms. The molecule has 33 heavy (non-hydrogen) atoms. The quantitative estimate of drug-likeness (QED) is 0.677. The number of nitrogens with zero attached hydrogens (tertiary/aromatic N) is 4. The Labute approximate surface area is 198 Å². The van der Waals surface area contributed by atoms with E-state index in [9.17, 15) is 13.6 Å². The summed E-state index contributed by atoms with van der Waals surface area (Å²) < 4.78 is 28.7. The third-order valence-corrected chi connectivity index (χ3v) is 6.71. The first-order chi connectivity index (χ1) is 15.7. The van der Waals surface area contributed by atoms with Gasteiger partial charge < -0.3 is 15.1 Å². The van der Waals surface area contributed by atoms with Gasteiger partial charge in [-0.3, -0.25) is 4.79 Å². The predicted octanol–water partition coefficient (Wildman–Crippen LogP) is 4.16. The maximum absolute atomic E-state index is 14.3. The maximum Gasteiger partial charge on any atom is 0.290 e. The molecule has 1 aliphatic carbocycles. The fraction of sp³-hybridized carbons (Fsp3) is 0.542. The fourth-order valence-corrected chi connectivity index (χ4v) is 4.85. The number of halogens is 3. The van der Waals surface area contributed by atoms with E-state index < -0.39 is 5.92 Å². The molecule has 2 atom stereocenters. The van der Waals surface area contributed by atoms with E-state index in [1.807, 2.05) is 35.8 Å². The number of fused-ring (bicyclic) bond motifs is 1. The molecule has 4 rings (SSSR count). The van der Waals surface area contributed by atoms with Crippen molar-refractivity contribution in [3.63, 3.8) is 0 Å². The maximum atomic E-state index is 14.3. The predicted molar refractivity (Wildman–Crippen MR) is 125 cm³/mol. The summed E-state index contributed by atoms with van der Waals surface area (Å²) in [6, 6.07) is 7.65. The minimum absolute atomic E-state index is 0.0536. The number of rotatable bonds is 6. The summed E-state index contributed by atoms with van der Waals surface area (Å²) >= 11 is 6.04. The third kappa shape index (κ3) is 4.96. The van der Waals surface area contributed by atoms with E-state index >= 15 is 0 Å². The van der Waals surface area contributed by atoms with Crippen LogP contribution in [0.5, 0.6) is 0 Å². The molecule has 2 aliphatic rings. The minimum Gasteiger partial charge on any atom is -0.353 e. The zero-order valence-electron chi connectivity index (χ0n) is 19.2. The molecule has 1 saturated heterocycles. The molecular formula is C24H30ClF2N5O. The number of alkyl halides is 2. The van der Waals surface area contributed by atoms with Crippen LogP contribution in [0.2, 0.25) is 5.02 Å². The first-order valence-electron chi connectivity index (χ1n) is 11.4. The minimum atomic E-state index is -2.92. The highest BCUT2D eigenvalue weighted by molar-refractivity contribution is 6.30. The monoisotopic (exact) mass is 477 g/mol. The first kappa shape index (κ1) is 23.8. The smallest absolute Gasteiger partial charge is 0.290 e. The second-order valence-electron chi connectivity index (χ2n) is 9.25.